The summed E-state index contributed by atoms with van der Waals surface area (Å²) in [5.74, 6) is 0.513. The number of aromatic nitrogens is 3. The number of rotatable bonds is 5. The predicted octanol–water partition coefficient (Wildman–Crippen LogP) is 3.65. The van der Waals surface area contributed by atoms with Gasteiger partial charge in [-0.15, -0.1) is 11.3 Å². The minimum atomic E-state index is -0.155. The fraction of sp³-hybridized carbons (Fsp3) is 0.381. The molecule has 146 valence electrons. The molecule has 28 heavy (non-hydrogen) atoms. The molecule has 0 radical (unpaired) electrons. The number of amides is 1. The van der Waals surface area contributed by atoms with Crippen LogP contribution >= 0.6 is 11.3 Å². The summed E-state index contributed by atoms with van der Waals surface area (Å²) in [7, 11) is 1.91. The molecule has 0 atom stereocenters. The first-order chi connectivity index (χ1) is 13.6. The Bertz CT molecular complexity index is 971. The Balaban J connectivity index is 1.47. The highest BCUT2D eigenvalue weighted by molar-refractivity contribution is 7.09. The van der Waals surface area contributed by atoms with Gasteiger partial charge in [-0.25, -0.2) is 4.98 Å². The molecule has 1 aliphatic heterocycles. The summed E-state index contributed by atoms with van der Waals surface area (Å²) in [6.07, 6.45) is 5.10. The molecular weight excluding hydrogens is 370 g/mol. The first-order valence-electron chi connectivity index (χ1n) is 9.65. The smallest absolute Gasteiger partial charge is 0.275 e. The first kappa shape index (κ1) is 18.8. The number of carbonyl (C=O) groups is 1. The quantitative estimate of drug-likeness (QED) is 0.692. The average Bonchev–Trinajstić information content (AvgIpc) is 3.33. The lowest BCUT2D eigenvalue weighted by molar-refractivity contribution is 0.102. The van der Waals surface area contributed by atoms with Gasteiger partial charge in [0, 0.05) is 36.3 Å². The summed E-state index contributed by atoms with van der Waals surface area (Å²) >= 11 is 1.59. The monoisotopic (exact) mass is 395 g/mol. The molecule has 1 saturated heterocycles. The van der Waals surface area contributed by atoms with Gasteiger partial charge in [0.15, 0.2) is 0 Å². The largest absolute Gasteiger partial charge is 0.320 e. The summed E-state index contributed by atoms with van der Waals surface area (Å²) in [5, 5.41) is 13.6. The Morgan fingerprint density at radius 1 is 1.32 bits per heavy atom. The first-order valence-corrected chi connectivity index (χ1v) is 10.5. The number of carbonyl (C=O) groups excluding carboxylic acids is 1. The van der Waals surface area contributed by atoms with Crippen molar-refractivity contribution in [2.24, 2.45) is 13.0 Å². The molecule has 2 N–H and O–H groups in total. The van der Waals surface area contributed by atoms with E-state index in [2.05, 4.69) is 20.7 Å². The average molecular weight is 396 g/mol. The third-order valence-corrected chi connectivity index (χ3v) is 6.18. The molecule has 0 unspecified atom stereocenters. The van der Waals surface area contributed by atoms with Crippen molar-refractivity contribution in [1.29, 1.82) is 0 Å². The summed E-state index contributed by atoms with van der Waals surface area (Å²) < 4.78 is 1.82. The van der Waals surface area contributed by atoms with Crippen LogP contribution in [-0.4, -0.2) is 33.8 Å². The molecule has 0 aliphatic carbocycles. The van der Waals surface area contributed by atoms with E-state index in [1.807, 2.05) is 48.3 Å². The lowest BCUT2D eigenvalue weighted by Crippen LogP contribution is -2.28. The van der Waals surface area contributed by atoms with Gasteiger partial charge in [-0.2, -0.15) is 5.10 Å². The van der Waals surface area contributed by atoms with Gasteiger partial charge in [-0.3, -0.25) is 9.48 Å². The van der Waals surface area contributed by atoms with E-state index in [1.54, 1.807) is 17.5 Å². The predicted molar refractivity (Wildman–Crippen MR) is 113 cm³/mol. The van der Waals surface area contributed by atoms with Gasteiger partial charge in [0.25, 0.3) is 5.91 Å². The summed E-state index contributed by atoms with van der Waals surface area (Å²) in [5.41, 5.74) is 4.35. The third kappa shape index (κ3) is 4.15. The summed E-state index contributed by atoms with van der Waals surface area (Å²) in [4.78, 5) is 17.3. The van der Waals surface area contributed by atoms with Gasteiger partial charge >= 0.3 is 0 Å². The molecule has 4 rings (SSSR count). The van der Waals surface area contributed by atoms with Crippen LogP contribution in [0.4, 0.5) is 5.69 Å². The van der Waals surface area contributed by atoms with Crippen molar-refractivity contribution in [3.63, 3.8) is 0 Å². The zero-order valence-electron chi connectivity index (χ0n) is 16.2. The number of thiazole rings is 1. The standard InChI is InChI=1S/C21H25N5OS/c1-14-3-4-16(19-7-10-23-26(19)2)12-17(14)25-21(27)18-13-28-20(24-18)11-15-5-8-22-9-6-15/h3-4,7,10,12-13,15,22H,5-6,8-9,11H2,1-2H3,(H,25,27). The topological polar surface area (TPSA) is 71.8 Å². The van der Waals surface area contributed by atoms with Crippen molar-refractivity contribution in [3.05, 3.63) is 52.1 Å². The molecule has 0 bridgehead atoms. The van der Waals surface area contributed by atoms with Crippen LogP contribution in [-0.2, 0) is 13.5 Å². The van der Waals surface area contributed by atoms with Gasteiger partial charge in [0.05, 0.1) is 10.7 Å². The second kappa shape index (κ2) is 8.24. The van der Waals surface area contributed by atoms with Crippen molar-refractivity contribution in [2.75, 3.05) is 18.4 Å². The van der Waals surface area contributed by atoms with Crippen molar-refractivity contribution in [3.8, 4) is 11.3 Å². The van der Waals surface area contributed by atoms with Gasteiger partial charge < -0.3 is 10.6 Å². The Hall–Kier alpha value is -2.51. The lowest BCUT2D eigenvalue weighted by Gasteiger charge is -2.21. The molecule has 1 amide bonds. The molecule has 3 heterocycles. The molecule has 0 spiro atoms. The Labute approximate surface area is 169 Å². The van der Waals surface area contributed by atoms with E-state index in [4.69, 9.17) is 0 Å². The maximum atomic E-state index is 12.7. The van der Waals surface area contributed by atoms with Crippen molar-refractivity contribution in [1.82, 2.24) is 20.1 Å². The highest BCUT2D eigenvalue weighted by atomic mass is 32.1. The van der Waals surface area contributed by atoms with Crippen molar-refractivity contribution >= 4 is 22.9 Å². The Morgan fingerprint density at radius 3 is 2.89 bits per heavy atom. The van der Waals surface area contributed by atoms with E-state index < -0.39 is 0 Å². The molecule has 6 nitrogen and oxygen atoms in total. The van der Waals surface area contributed by atoms with Gasteiger partial charge in [0.2, 0.25) is 0 Å². The van der Waals surface area contributed by atoms with Crippen LogP contribution in [0.2, 0.25) is 0 Å². The zero-order chi connectivity index (χ0) is 19.5. The van der Waals surface area contributed by atoms with Crippen LogP contribution < -0.4 is 10.6 Å². The number of hydrogen-bond donors (Lipinski definition) is 2. The fourth-order valence-corrected chi connectivity index (χ4v) is 4.49. The van der Waals surface area contributed by atoms with E-state index in [0.717, 1.165) is 47.0 Å². The highest BCUT2D eigenvalue weighted by Gasteiger charge is 2.18. The molecule has 1 fully saturated rings. The van der Waals surface area contributed by atoms with Gasteiger partial charge in [-0.1, -0.05) is 12.1 Å². The van der Waals surface area contributed by atoms with Gasteiger partial charge in [-0.05, 0) is 56.5 Å². The number of anilines is 1. The second-order valence-electron chi connectivity index (χ2n) is 7.35. The number of hydrogen-bond acceptors (Lipinski definition) is 5. The SMILES string of the molecule is Cc1ccc(-c2ccnn2C)cc1NC(=O)c1csc(CC2CCNCC2)n1. The fourth-order valence-electron chi connectivity index (χ4n) is 3.60. The molecule has 7 heteroatoms. The maximum absolute atomic E-state index is 12.7. The molecule has 3 aromatic rings. The molecule has 2 aromatic heterocycles. The van der Waals surface area contributed by atoms with Crippen LogP contribution in [0.25, 0.3) is 11.3 Å². The molecule has 1 aromatic carbocycles. The number of piperidine rings is 1. The van der Waals surface area contributed by atoms with Gasteiger partial charge in [0.1, 0.15) is 5.69 Å². The zero-order valence-corrected chi connectivity index (χ0v) is 17.1. The number of nitrogens with one attached hydrogen (secondary N) is 2. The minimum Gasteiger partial charge on any atom is -0.320 e. The Kier molecular flexibility index (Phi) is 5.54. The van der Waals surface area contributed by atoms with E-state index in [1.165, 1.54) is 12.8 Å². The van der Waals surface area contributed by atoms with Crippen LogP contribution in [0.1, 0.15) is 33.9 Å². The van der Waals surface area contributed by atoms with Crippen LogP contribution in [0.15, 0.2) is 35.8 Å². The second-order valence-corrected chi connectivity index (χ2v) is 8.29. The molecule has 0 saturated carbocycles. The minimum absolute atomic E-state index is 0.155. The Morgan fingerprint density at radius 2 is 2.14 bits per heavy atom. The maximum Gasteiger partial charge on any atom is 0.275 e. The third-order valence-electron chi connectivity index (χ3n) is 5.31. The van der Waals surface area contributed by atoms with Crippen LogP contribution in [0.3, 0.4) is 0 Å². The normalized spacial score (nSPS) is 14.9. The van der Waals surface area contributed by atoms with Crippen molar-refractivity contribution in [2.45, 2.75) is 26.2 Å². The number of benzene rings is 1. The summed E-state index contributed by atoms with van der Waals surface area (Å²) in [6.45, 7) is 4.15. The van der Waals surface area contributed by atoms with E-state index in [9.17, 15) is 4.79 Å². The van der Waals surface area contributed by atoms with E-state index in [-0.39, 0.29) is 5.91 Å². The lowest BCUT2D eigenvalue weighted by atomic mass is 9.95. The number of aryl methyl sites for hydroxylation is 2. The summed E-state index contributed by atoms with van der Waals surface area (Å²) in [6, 6.07) is 8.01. The molecule has 1 aliphatic rings. The number of nitrogens with zero attached hydrogens (tertiary/aromatic N) is 3. The highest BCUT2D eigenvalue weighted by Crippen LogP contribution is 2.26. The van der Waals surface area contributed by atoms with E-state index >= 15 is 0 Å². The van der Waals surface area contributed by atoms with Crippen molar-refractivity contribution < 1.29 is 4.79 Å². The van der Waals surface area contributed by atoms with Crippen LogP contribution in [0, 0.1) is 12.8 Å². The van der Waals surface area contributed by atoms with E-state index in [0.29, 0.717) is 11.6 Å². The molecular formula is C21H25N5OS. The van der Waals surface area contributed by atoms with Crippen LogP contribution in [0.5, 0.6) is 0 Å².